The van der Waals surface area contributed by atoms with E-state index in [1.165, 1.54) is 27.8 Å². The van der Waals surface area contributed by atoms with Crippen LogP contribution in [0, 0.1) is 13.8 Å². The first-order valence-electron chi connectivity index (χ1n) is 15.1. The number of carbonyl (C=O) groups excluding carboxylic acids is 2. The van der Waals surface area contributed by atoms with Gasteiger partial charge in [0.15, 0.2) is 0 Å². The second-order valence-corrected chi connectivity index (χ2v) is 10.8. The molecule has 4 rings (SSSR count). The van der Waals surface area contributed by atoms with Crippen LogP contribution in [0.1, 0.15) is 47.9 Å². The van der Waals surface area contributed by atoms with Gasteiger partial charge < -0.3 is 14.4 Å². The summed E-state index contributed by atoms with van der Waals surface area (Å²) >= 11 is 0. The van der Waals surface area contributed by atoms with E-state index in [1.807, 2.05) is 0 Å². The van der Waals surface area contributed by atoms with Gasteiger partial charge in [-0.15, -0.1) is 0 Å². The van der Waals surface area contributed by atoms with E-state index in [0.717, 1.165) is 41.2 Å². The van der Waals surface area contributed by atoms with Crippen LogP contribution in [0.4, 0.5) is 17.1 Å². The number of aryl methyl sites for hydroxylation is 3. The number of anilines is 3. The molecule has 0 saturated heterocycles. The third kappa shape index (κ3) is 8.35. The number of benzene rings is 4. The van der Waals surface area contributed by atoms with Crippen molar-refractivity contribution in [3.05, 3.63) is 139 Å². The molecule has 0 aromatic heterocycles. The van der Waals surface area contributed by atoms with E-state index >= 15 is 0 Å². The Morgan fingerprint density at radius 1 is 0.682 bits per heavy atom. The van der Waals surface area contributed by atoms with Crippen LogP contribution in [0.25, 0.3) is 11.1 Å². The van der Waals surface area contributed by atoms with Crippen molar-refractivity contribution in [3.8, 4) is 11.1 Å². The van der Waals surface area contributed by atoms with Crippen molar-refractivity contribution in [2.45, 2.75) is 46.0 Å². The van der Waals surface area contributed by atoms with Gasteiger partial charge in [-0.05, 0) is 109 Å². The highest BCUT2D eigenvalue weighted by Crippen LogP contribution is 2.37. The Bertz CT molecular complexity index is 1540. The highest BCUT2D eigenvalue weighted by molar-refractivity contribution is 5.81. The molecular weight excluding hydrogens is 546 g/mol. The standard InChI is InChI=1S/C39H41NO4/c1-6-30-10-12-31(13-11-30)32-14-19-35(20-15-32)40(37-18-9-28(4)29(5)27-37)36-21-16-33(17-22-36)34(23-25-43-38(41)7-2)24-26-44-39(42)8-3/h7-22,27,34H,2-3,6,23-26H2,1,4-5H3. The van der Waals surface area contributed by atoms with Gasteiger partial charge in [0.25, 0.3) is 0 Å². The zero-order valence-corrected chi connectivity index (χ0v) is 25.9. The lowest BCUT2D eigenvalue weighted by atomic mass is 9.92. The lowest BCUT2D eigenvalue weighted by Crippen LogP contribution is -2.12. The Balaban J connectivity index is 1.63. The lowest BCUT2D eigenvalue weighted by molar-refractivity contribution is -0.138. The van der Waals surface area contributed by atoms with E-state index in [0.29, 0.717) is 12.8 Å². The lowest BCUT2D eigenvalue weighted by Gasteiger charge is -2.27. The van der Waals surface area contributed by atoms with E-state index in [4.69, 9.17) is 9.47 Å². The third-order valence-corrected chi connectivity index (χ3v) is 7.95. The zero-order valence-electron chi connectivity index (χ0n) is 25.9. The van der Waals surface area contributed by atoms with Crippen molar-refractivity contribution in [2.75, 3.05) is 18.1 Å². The zero-order chi connectivity index (χ0) is 31.5. The highest BCUT2D eigenvalue weighted by atomic mass is 16.5. The summed E-state index contributed by atoms with van der Waals surface area (Å²) in [5, 5.41) is 0. The van der Waals surface area contributed by atoms with E-state index in [1.54, 1.807) is 0 Å². The first-order chi connectivity index (χ1) is 21.3. The molecule has 5 nitrogen and oxygen atoms in total. The maximum Gasteiger partial charge on any atom is 0.330 e. The summed E-state index contributed by atoms with van der Waals surface area (Å²) in [6.07, 6.45) is 4.52. The van der Waals surface area contributed by atoms with Crippen LogP contribution in [0.5, 0.6) is 0 Å². The molecule has 0 fully saturated rings. The van der Waals surface area contributed by atoms with Crippen LogP contribution in [-0.4, -0.2) is 25.2 Å². The Kier molecular flexibility index (Phi) is 11.3. The largest absolute Gasteiger partial charge is 0.463 e. The molecule has 0 atom stereocenters. The first-order valence-corrected chi connectivity index (χ1v) is 15.1. The summed E-state index contributed by atoms with van der Waals surface area (Å²) in [6, 6.07) is 32.3. The van der Waals surface area contributed by atoms with E-state index < -0.39 is 11.9 Å². The Morgan fingerprint density at radius 2 is 1.16 bits per heavy atom. The van der Waals surface area contributed by atoms with Gasteiger partial charge in [0.1, 0.15) is 0 Å². The second-order valence-electron chi connectivity index (χ2n) is 10.8. The monoisotopic (exact) mass is 587 g/mol. The van der Waals surface area contributed by atoms with Crippen molar-refractivity contribution in [1.82, 2.24) is 0 Å². The van der Waals surface area contributed by atoms with Crippen molar-refractivity contribution < 1.29 is 19.1 Å². The number of rotatable bonds is 14. The number of carbonyl (C=O) groups is 2. The predicted octanol–water partition coefficient (Wildman–Crippen LogP) is 9.32. The normalized spacial score (nSPS) is 10.7. The van der Waals surface area contributed by atoms with Gasteiger partial charge >= 0.3 is 11.9 Å². The number of hydrogen-bond donors (Lipinski definition) is 0. The van der Waals surface area contributed by atoms with Gasteiger partial charge in [0.2, 0.25) is 0 Å². The molecule has 0 spiro atoms. The maximum absolute atomic E-state index is 11.6. The van der Waals surface area contributed by atoms with Crippen LogP contribution in [-0.2, 0) is 25.5 Å². The van der Waals surface area contributed by atoms with E-state index in [2.05, 4.69) is 130 Å². The first kappa shape index (κ1) is 32.0. The third-order valence-electron chi connectivity index (χ3n) is 7.95. The molecule has 0 heterocycles. The minimum absolute atomic E-state index is 0.0210. The molecule has 4 aromatic carbocycles. The van der Waals surface area contributed by atoms with Gasteiger partial charge in [0, 0.05) is 29.2 Å². The molecule has 0 amide bonds. The number of ether oxygens (including phenoxy) is 2. The minimum atomic E-state index is -0.454. The van der Waals surface area contributed by atoms with Crippen LogP contribution >= 0.6 is 0 Å². The molecule has 5 heteroatoms. The SMILES string of the molecule is C=CC(=O)OCCC(CCOC(=O)C=C)c1ccc(N(c2ccc(-c3ccc(CC)cc3)cc2)c2ccc(C)c(C)c2)cc1. The van der Waals surface area contributed by atoms with Gasteiger partial charge in [-0.1, -0.05) is 74.7 Å². The summed E-state index contributed by atoms with van der Waals surface area (Å²) in [6.45, 7) is 13.8. The van der Waals surface area contributed by atoms with E-state index in [-0.39, 0.29) is 19.1 Å². The van der Waals surface area contributed by atoms with Crippen LogP contribution in [0.15, 0.2) is 116 Å². The van der Waals surface area contributed by atoms with Crippen molar-refractivity contribution in [1.29, 1.82) is 0 Å². The van der Waals surface area contributed by atoms with Crippen LogP contribution in [0.3, 0.4) is 0 Å². The molecule has 44 heavy (non-hydrogen) atoms. The average Bonchev–Trinajstić information content (AvgIpc) is 3.06. The summed E-state index contributed by atoms with van der Waals surface area (Å²) in [5.41, 5.74) is 10.4. The van der Waals surface area contributed by atoms with Gasteiger partial charge in [-0.3, -0.25) is 0 Å². The topological polar surface area (TPSA) is 55.8 Å². The molecule has 0 aliphatic heterocycles. The second kappa shape index (κ2) is 15.5. The fourth-order valence-corrected chi connectivity index (χ4v) is 5.14. The molecule has 0 aliphatic rings. The smallest absolute Gasteiger partial charge is 0.330 e. The minimum Gasteiger partial charge on any atom is -0.463 e. The Labute approximate surface area is 261 Å². The van der Waals surface area contributed by atoms with Gasteiger partial charge in [0.05, 0.1) is 13.2 Å². The number of nitrogens with zero attached hydrogens (tertiary/aromatic N) is 1. The molecule has 0 saturated carbocycles. The molecule has 0 radical (unpaired) electrons. The van der Waals surface area contributed by atoms with Crippen molar-refractivity contribution in [3.63, 3.8) is 0 Å². The summed E-state index contributed by atoms with van der Waals surface area (Å²) in [5.74, 6) is -0.886. The molecule has 0 unspecified atom stereocenters. The van der Waals surface area contributed by atoms with Gasteiger partial charge in [-0.2, -0.15) is 0 Å². The quantitative estimate of drug-likeness (QED) is 0.109. The maximum atomic E-state index is 11.6. The van der Waals surface area contributed by atoms with Crippen LogP contribution < -0.4 is 4.90 Å². The number of esters is 2. The fourth-order valence-electron chi connectivity index (χ4n) is 5.14. The fraction of sp³-hybridized carbons (Fsp3) is 0.231. The summed E-state index contributed by atoms with van der Waals surface area (Å²) in [7, 11) is 0. The molecule has 0 aliphatic carbocycles. The number of hydrogen-bond acceptors (Lipinski definition) is 5. The average molecular weight is 588 g/mol. The summed E-state index contributed by atoms with van der Waals surface area (Å²) < 4.78 is 10.5. The molecular formula is C39H41NO4. The molecule has 226 valence electrons. The van der Waals surface area contributed by atoms with Crippen LogP contribution in [0.2, 0.25) is 0 Å². The van der Waals surface area contributed by atoms with Crippen molar-refractivity contribution >= 4 is 29.0 Å². The van der Waals surface area contributed by atoms with Gasteiger partial charge in [-0.25, -0.2) is 9.59 Å². The predicted molar refractivity (Wildman–Crippen MR) is 180 cm³/mol. The Hall–Kier alpha value is -4.90. The molecule has 0 N–H and O–H groups in total. The Morgan fingerprint density at radius 3 is 1.64 bits per heavy atom. The molecule has 4 aromatic rings. The summed E-state index contributed by atoms with van der Waals surface area (Å²) in [4.78, 5) is 25.5. The van der Waals surface area contributed by atoms with E-state index in [9.17, 15) is 9.59 Å². The molecule has 0 bridgehead atoms. The van der Waals surface area contributed by atoms with Crippen molar-refractivity contribution in [2.24, 2.45) is 0 Å². The highest BCUT2D eigenvalue weighted by Gasteiger charge is 2.17.